The minimum atomic E-state index is -0.759. The number of hydrazone groups is 1. The van der Waals surface area contributed by atoms with E-state index in [-0.39, 0.29) is 29.1 Å². The normalized spacial score (nSPS) is 10.6. The van der Waals surface area contributed by atoms with E-state index in [2.05, 4.69) is 15.8 Å². The molecule has 10 nitrogen and oxygen atoms in total. The molecule has 0 aliphatic heterocycles. The number of rotatable bonds is 8. The van der Waals surface area contributed by atoms with Gasteiger partial charge in [0.15, 0.2) is 0 Å². The van der Waals surface area contributed by atoms with Crippen LogP contribution in [0.2, 0.25) is 10.0 Å². The molecule has 0 spiro atoms. The third kappa shape index (κ3) is 7.36. The average molecular weight is 515 g/mol. The Kier molecular flexibility index (Phi) is 8.49. The summed E-state index contributed by atoms with van der Waals surface area (Å²) >= 11 is 11.8. The number of non-ortho nitro benzene ring substituents is 1. The van der Waals surface area contributed by atoms with Crippen molar-refractivity contribution in [3.05, 3.63) is 104 Å². The first-order chi connectivity index (χ1) is 16.7. The van der Waals surface area contributed by atoms with Gasteiger partial charge in [0.25, 0.3) is 17.5 Å². The summed E-state index contributed by atoms with van der Waals surface area (Å²) in [5.74, 6) is -1.73. The van der Waals surface area contributed by atoms with Crippen molar-refractivity contribution in [3.8, 4) is 5.75 Å². The highest BCUT2D eigenvalue weighted by molar-refractivity contribution is 6.31. The Balaban J connectivity index is 1.59. The lowest BCUT2D eigenvalue weighted by atomic mass is 10.2. The third-order valence-corrected chi connectivity index (χ3v) is 4.88. The summed E-state index contributed by atoms with van der Waals surface area (Å²) in [6.07, 6.45) is 1.21. The fourth-order valence-electron chi connectivity index (χ4n) is 2.67. The standard InChI is InChI=1S/C23H16Cl2N4O6/c24-17-5-1-14(2-6-17)22(31)26-13-21(30)28-27-12-16-11-18(25)7-10-20(16)35-23(32)15-3-8-19(9-4-15)29(33)34/h1-12H,13H2,(H,26,31)(H,28,30). The molecule has 178 valence electrons. The maximum Gasteiger partial charge on any atom is 0.343 e. The van der Waals surface area contributed by atoms with Crippen LogP contribution in [0.25, 0.3) is 0 Å². The molecular weight excluding hydrogens is 499 g/mol. The summed E-state index contributed by atoms with van der Waals surface area (Å²) < 4.78 is 5.34. The Morgan fingerprint density at radius 1 is 0.943 bits per heavy atom. The van der Waals surface area contributed by atoms with Crippen LogP contribution < -0.4 is 15.5 Å². The van der Waals surface area contributed by atoms with E-state index in [0.717, 1.165) is 0 Å². The second kappa shape index (κ2) is 11.7. The Bertz CT molecular complexity index is 1290. The van der Waals surface area contributed by atoms with Crippen LogP contribution in [0, 0.1) is 10.1 Å². The van der Waals surface area contributed by atoms with Crippen molar-refractivity contribution in [3.63, 3.8) is 0 Å². The summed E-state index contributed by atoms with van der Waals surface area (Å²) in [7, 11) is 0. The van der Waals surface area contributed by atoms with Gasteiger partial charge in [-0.05, 0) is 54.6 Å². The van der Waals surface area contributed by atoms with E-state index in [9.17, 15) is 24.5 Å². The smallest absolute Gasteiger partial charge is 0.343 e. The van der Waals surface area contributed by atoms with Crippen LogP contribution in [0.3, 0.4) is 0 Å². The lowest BCUT2D eigenvalue weighted by Gasteiger charge is -2.08. The van der Waals surface area contributed by atoms with Crippen LogP contribution in [-0.2, 0) is 4.79 Å². The van der Waals surface area contributed by atoms with Gasteiger partial charge in [0.05, 0.1) is 23.2 Å². The molecule has 0 saturated carbocycles. The van der Waals surface area contributed by atoms with Crippen LogP contribution in [-0.4, -0.2) is 35.5 Å². The van der Waals surface area contributed by atoms with Gasteiger partial charge in [-0.15, -0.1) is 0 Å². The maximum atomic E-state index is 12.4. The van der Waals surface area contributed by atoms with Crippen LogP contribution in [0.15, 0.2) is 71.8 Å². The van der Waals surface area contributed by atoms with E-state index in [1.807, 2.05) is 0 Å². The fraction of sp³-hybridized carbons (Fsp3) is 0.0435. The topological polar surface area (TPSA) is 140 Å². The molecule has 35 heavy (non-hydrogen) atoms. The zero-order valence-corrected chi connectivity index (χ0v) is 19.2. The molecule has 0 fully saturated rings. The monoisotopic (exact) mass is 514 g/mol. The SMILES string of the molecule is O=C(CNC(=O)c1ccc(Cl)cc1)NN=Cc1cc(Cl)ccc1OC(=O)c1ccc([N+](=O)[O-])cc1. The van der Waals surface area contributed by atoms with Crippen molar-refractivity contribution in [2.45, 2.75) is 0 Å². The molecule has 0 unspecified atom stereocenters. The van der Waals surface area contributed by atoms with E-state index in [0.29, 0.717) is 15.6 Å². The molecule has 12 heteroatoms. The van der Waals surface area contributed by atoms with E-state index in [4.69, 9.17) is 27.9 Å². The van der Waals surface area contributed by atoms with E-state index >= 15 is 0 Å². The lowest BCUT2D eigenvalue weighted by Crippen LogP contribution is -2.34. The quantitative estimate of drug-likeness (QED) is 0.153. The van der Waals surface area contributed by atoms with Crippen molar-refractivity contribution < 1.29 is 24.0 Å². The first-order valence-electron chi connectivity index (χ1n) is 9.85. The molecule has 3 aromatic carbocycles. The van der Waals surface area contributed by atoms with Crippen molar-refractivity contribution in [2.24, 2.45) is 5.10 Å². The number of benzene rings is 3. The van der Waals surface area contributed by atoms with Gasteiger partial charge in [0.1, 0.15) is 5.75 Å². The van der Waals surface area contributed by atoms with Gasteiger partial charge < -0.3 is 10.1 Å². The number of carbonyl (C=O) groups excluding carboxylic acids is 3. The molecule has 0 atom stereocenters. The maximum absolute atomic E-state index is 12.4. The molecule has 0 bridgehead atoms. The number of hydrogen-bond donors (Lipinski definition) is 2. The Morgan fingerprint density at radius 2 is 1.57 bits per heavy atom. The lowest BCUT2D eigenvalue weighted by molar-refractivity contribution is -0.384. The van der Waals surface area contributed by atoms with E-state index in [1.165, 1.54) is 60.8 Å². The number of nitrogens with one attached hydrogen (secondary N) is 2. The Hall–Kier alpha value is -4.28. The minimum absolute atomic E-state index is 0.0896. The summed E-state index contributed by atoms with van der Waals surface area (Å²) in [5, 5.41) is 17.8. The van der Waals surface area contributed by atoms with Crippen LogP contribution >= 0.6 is 23.2 Å². The average Bonchev–Trinajstić information content (AvgIpc) is 2.84. The predicted octanol–water partition coefficient (Wildman–Crippen LogP) is 4.00. The second-order valence-electron chi connectivity index (χ2n) is 6.86. The third-order valence-electron chi connectivity index (χ3n) is 4.40. The van der Waals surface area contributed by atoms with Gasteiger partial charge in [0.2, 0.25) is 0 Å². The highest BCUT2D eigenvalue weighted by Crippen LogP contribution is 2.23. The summed E-state index contributed by atoms with van der Waals surface area (Å²) in [5.41, 5.74) is 2.79. The molecule has 2 amide bonds. The predicted molar refractivity (Wildman–Crippen MR) is 129 cm³/mol. The van der Waals surface area contributed by atoms with Gasteiger partial charge in [-0.1, -0.05) is 23.2 Å². The Labute approximate surface area is 208 Å². The van der Waals surface area contributed by atoms with Gasteiger partial charge in [0, 0.05) is 33.3 Å². The molecule has 0 aliphatic carbocycles. The van der Waals surface area contributed by atoms with Crippen LogP contribution in [0.4, 0.5) is 5.69 Å². The molecule has 0 saturated heterocycles. The number of nitrogens with zero attached hydrogens (tertiary/aromatic N) is 2. The second-order valence-corrected chi connectivity index (χ2v) is 7.73. The molecule has 0 aliphatic rings. The van der Waals surface area contributed by atoms with Crippen molar-refractivity contribution in [2.75, 3.05) is 6.54 Å². The number of nitro groups is 1. The van der Waals surface area contributed by atoms with Gasteiger partial charge in [-0.2, -0.15) is 5.10 Å². The van der Waals surface area contributed by atoms with Gasteiger partial charge in [-0.3, -0.25) is 19.7 Å². The van der Waals surface area contributed by atoms with Crippen LogP contribution in [0.1, 0.15) is 26.3 Å². The fourth-order valence-corrected chi connectivity index (χ4v) is 2.97. The zero-order chi connectivity index (χ0) is 25.4. The highest BCUT2D eigenvalue weighted by atomic mass is 35.5. The first-order valence-corrected chi connectivity index (χ1v) is 10.6. The summed E-state index contributed by atoms with van der Waals surface area (Å²) in [6.45, 7) is -0.337. The van der Waals surface area contributed by atoms with Crippen molar-refractivity contribution >= 4 is 52.9 Å². The van der Waals surface area contributed by atoms with Gasteiger partial charge >= 0.3 is 5.97 Å². The number of hydrogen-bond acceptors (Lipinski definition) is 7. The number of halogens is 2. The molecule has 0 heterocycles. The molecule has 3 rings (SSSR count). The molecular formula is C23H16Cl2N4O6. The van der Waals surface area contributed by atoms with Crippen LogP contribution in [0.5, 0.6) is 5.75 Å². The number of esters is 1. The number of nitro benzene ring substituents is 1. The minimum Gasteiger partial charge on any atom is -0.422 e. The summed E-state index contributed by atoms with van der Waals surface area (Å²) in [6, 6.07) is 15.4. The van der Waals surface area contributed by atoms with Crippen molar-refractivity contribution in [1.29, 1.82) is 0 Å². The number of amides is 2. The first kappa shape index (κ1) is 25.3. The number of carbonyl (C=O) groups is 3. The Morgan fingerprint density at radius 3 is 2.23 bits per heavy atom. The van der Waals surface area contributed by atoms with Crippen molar-refractivity contribution in [1.82, 2.24) is 10.7 Å². The zero-order valence-electron chi connectivity index (χ0n) is 17.7. The molecule has 0 aromatic heterocycles. The molecule has 3 aromatic rings. The number of ether oxygens (including phenoxy) is 1. The summed E-state index contributed by atoms with van der Waals surface area (Å²) in [4.78, 5) is 46.6. The van der Waals surface area contributed by atoms with E-state index < -0.39 is 22.7 Å². The van der Waals surface area contributed by atoms with Gasteiger partial charge in [-0.25, -0.2) is 10.2 Å². The molecule has 2 N–H and O–H groups in total. The van der Waals surface area contributed by atoms with E-state index in [1.54, 1.807) is 12.1 Å². The largest absolute Gasteiger partial charge is 0.422 e. The molecule has 0 radical (unpaired) electrons. The highest BCUT2D eigenvalue weighted by Gasteiger charge is 2.14.